The van der Waals surface area contributed by atoms with Gasteiger partial charge in [0, 0.05) is 17.9 Å². The quantitative estimate of drug-likeness (QED) is 0.766. The Morgan fingerprint density at radius 1 is 1.56 bits per heavy atom. The average Bonchev–Trinajstić information content (AvgIpc) is 2.91. The normalized spacial score (nSPS) is 17.9. The fourth-order valence-corrected chi connectivity index (χ4v) is 1.83. The number of nitrogens with two attached hydrogens (primary N) is 1. The second-order valence-electron chi connectivity index (χ2n) is 4.08. The lowest BCUT2D eigenvalue weighted by Gasteiger charge is -2.10. The van der Waals surface area contributed by atoms with Gasteiger partial charge in [-0.25, -0.2) is 0 Å². The molecule has 0 radical (unpaired) electrons. The molecule has 4 heteroatoms. The molecule has 1 aliphatic heterocycles. The minimum Gasteiger partial charge on any atom is -0.368 e. The van der Waals surface area contributed by atoms with Gasteiger partial charge in [0.1, 0.15) is 6.10 Å². The van der Waals surface area contributed by atoms with Gasteiger partial charge in [0.05, 0.1) is 6.54 Å². The Balaban J connectivity index is 2.02. The van der Waals surface area contributed by atoms with E-state index in [-0.39, 0.29) is 12.0 Å². The van der Waals surface area contributed by atoms with Crippen LogP contribution < -0.4 is 11.1 Å². The van der Waals surface area contributed by atoms with Gasteiger partial charge in [-0.05, 0) is 31.0 Å². The molecule has 0 bridgehead atoms. The summed E-state index contributed by atoms with van der Waals surface area (Å²) in [4.78, 5) is 11.8. The summed E-state index contributed by atoms with van der Waals surface area (Å²) in [6, 6.07) is 7.39. The van der Waals surface area contributed by atoms with Crippen molar-refractivity contribution in [3.63, 3.8) is 0 Å². The summed E-state index contributed by atoms with van der Waals surface area (Å²) in [6.07, 6.45) is 1.42. The number of benzene rings is 1. The Labute approximate surface area is 107 Å². The first-order valence-corrected chi connectivity index (χ1v) is 6.01. The molecule has 1 unspecified atom stereocenters. The van der Waals surface area contributed by atoms with Crippen LogP contribution in [0.1, 0.15) is 18.4 Å². The number of carbonyl (C=O) groups excluding carboxylic acids is 1. The first-order chi connectivity index (χ1) is 8.79. The largest absolute Gasteiger partial charge is 0.368 e. The van der Waals surface area contributed by atoms with Crippen LogP contribution in [0.2, 0.25) is 0 Å². The van der Waals surface area contributed by atoms with Gasteiger partial charge in [0.15, 0.2) is 0 Å². The van der Waals surface area contributed by atoms with E-state index < -0.39 is 0 Å². The molecule has 1 aromatic rings. The first-order valence-electron chi connectivity index (χ1n) is 6.01. The number of anilines is 1. The van der Waals surface area contributed by atoms with E-state index in [1.807, 2.05) is 24.3 Å². The van der Waals surface area contributed by atoms with Crippen LogP contribution in [0.3, 0.4) is 0 Å². The molecule has 1 atom stereocenters. The van der Waals surface area contributed by atoms with Crippen LogP contribution in [-0.4, -0.2) is 25.2 Å². The maximum Gasteiger partial charge on any atom is 0.253 e. The van der Waals surface area contributed by atoms with E-state index in [4.69, 9.17) is 10.5 Å². The highest BCUT2D eigenvalue weighted by atomic mass is 16.5. The molecule has 1 aliphatic rings. The van der Waals surface area contributed by atoms with Crippen LogP contribution in [-0.2, 0) is 9.53 Å². The van der Waals surface area contributed by atoms with Crippen LogP contribution in [0, 0.1) is 11.8 Å². The van der Waals surface area contributed by atoms with Crippen LogP contribution >= 0.6 is 0 Å². The number of hydrogen-bond acceptors (Lipinski definition) is 3. The van der Waals surface area contributed by atoms with Crippen molar-refractivity contribution in [1.29, 1.82) is 0 Å². The Kier molecular flexibility index (Phi) is 4.35. The maximum atomic E-state index is 11.8. The molecule has 2 rings (SSSR count). The van der Waals surface area contributed by atoms with Gasteiger partial charge in [-0.15, -0.1) is 0 Å². The number of carbonyl (C=O) groups is 1. The minimum atomic E-state index is -0.316. The average molecular weight is 244 g/mol. The molecule has 0 saturated carbocycles. The molecule has 1 saturated heterocycles. The van der Waals surface area contributed by atoms with Crippen LogP contribution in [0.5, 0.6) is 0 Å². The molecule has 1 heterocycles. The van der Waals surface area contributed by atoms with Gasteiger partial charge in [-0.1, -0.05) is 17.9 Å². The topological polar surface area (TPSA) is 64.3 Å². The van der Waals surface area contributed by atoms with E-state index in [1.165, 1.54) is 0 Å². The van der Waals surface area contributed by atoms with Gasteiger partial charge >= 0.3 is 0 Å². The van der Waals surface area contributed by atoms with Crippen molar-refractivity contribution in [1.82, 2.24) is 0 Å². The van der Waals surface area contributed by atoms with E-state index >= 15 is 0 Å². The monoisotopic (exact) mass is 244 g/mol. The van der Waals surface area contributed by atoms with Crippen molar-refractivity contribution in [2.45, 2.75) is 18.9 Å². The molecule has 1 fully saturated rings. The molecule has 4 nitrogen and oxygen atoms in total. The number of amides is 1. The zero-order chi connectivity index (χ0) is 12.8. The van der Waals surface area contributed by atoms with Gasteiger partial charge < -0.3 is 15.8 Å². The fraction of sp³-hybridized carbons (Fsp3) is 0.357. The predicted molar refractivity (Wildman–Crippen MR) is 70.0 cm³/mol. The summed E-state index contributed by atoms with van der Waals surface area (Å²) in [7, 11) is 0. The van der Waals surface area contributed by atoms with E-state index in [2.05, 4.69) is 17.2 Å². The standard InChI is InChI=1S/C14H16N2O2/c15-8-2-5-11-4-1-6-12(10-11)16-14(17)13-7-3-9-18-13/h1,4,6,10,13H,3,7-9,15H2,(H,16,17). The Hall–Kier alpha value is -1.83. The van der Waals surface area contributed by atoms with Crippen molar-refractivity contribution < 1.29 is 9.53 Å². The fourth-order valence-electron chi connectivity index (χ4n) is 1.83. The number of nitrogens with one attached hydrogen (secondary N) is 1. The number of hydrogen-bond donors (Lipinski definition) is 2. The second kappa shape index (κ2) is 6.20. The van der Waals surface area contributed by atoms with Crippen molar-refractivity contribution in [2.24, 2.45) is 5.73 Å². The van der Waals surface area contributed by atoms with Gasteiger partial charge in [0.2, 0.25) is 0 Å². The zero-order valence-corrected chi connectivity index (χ0v) is 10.1. The van der Waals surface area contributed by atoms with Gasteiger partial charge in [-0.2, -0.15) is 0 Å². The summed E-state index contributed by atoms with van der Waals surface area (Å²) in [5.74, 6) is 5.62. The molecule has 0 aliphatic carbocycles. The molecular weight excluding hydrogens is 228 g/mol. The summed E-state index contributed by atoms with van der Waals surface area (Å²) < 4.78 is 5.33. The number of rotatable bonds is 2. The van der Waals surface area contributed by atoms with Crippen molar-refractivity contribution in [3.05, 3.63) is 29.8 Å². The summed E-state index contributed by atoms with van der Waals surface area (Å²) in [5.41, 5.74) is 6.89. The maximum absolute atomic E-state index is 11.8. The third-order valence-electron chi connectivity index (χ3n) is 2.69. The lowest BCUT2D eigenvalue weighted by Crippen LogP contribution is -2.26. The highest BCUT2D eigenvalue weighted by Crippen LogP contribution is 2.15. The molecule has 1 amide bonds. The molecule has 1 aromatic carbocycles. The Bertz CT molecular complexity index is 482. The van der Waals surface area contributed by atoms with Crippen molar-refractivity contribution >= 4 is 11.6 Å². The Morgan fingerprint density at radius 3 is 3.17 bits per heavy atom. The summed E-state index contributed by atoms with van der Waals surface area (Å²) in [5, 5.41) is 2.84. The first kappa shape index (κ1) is 12.6. The van der Waals surface area contributed by atoms with E-state index in [9.17, 15) is 4.79 Å². The van der Waals surface area contributed by atoms with Crippen molar-refractivity contribution in [3.8, 4) is 11.8 Å². The highest BCUT2D eigenvalue weighted by molar-refractivity contribution is 5.94. The predicted octanol–water partition coefficient (Wildman–Crippen LogP) is 1.11. The van der Waals surface area contributed by atoms with E-state index in [0.29, 0.717) is 13.2 Å². The Morgan fingerprint density at radius 2 is 2.44 bits per heavy atom. The molecule has 94 valence electrons. The highest BCUT2D eigenvalue weighted by Gasteiger charge is 2.23. The molecule has 3 N–H and O–H groups in total. The lowest BCUT2D eigenvalue weighted by atomic mass is 10.2. The van der Waals surface area contributed by atoms with E-state index in [0.717, 1.165) is 24.1 Å². The molecule has 0 spiro atoms. The van der Waals surface area contributed by atoms with Gasteiger partial charge in [-0.3, -0.25) is 4.79 Å². The third kappa shape index (κ3) is 3.33. The van der Waals surface area contributed by atoms with E-state index in [1.54, 1.807) is 0 Å². The molecule has 0 aromatic heterocycles. The smallest absolute Gasteiger partial charge is 0.253 e. The minimum absolute atomic E-state index is 0.0866. The third-order valence-corrected chi connectivity index (χ3v) is 2.69. The SMILES string of the molecule is NCC#Cc1cccc(NC(=O)C2CCCO2)c1. The van der Waals surface area contributed by atoms with Crippen molar-refractivity contribution in [2.75, 3.05) is 18.5 Å². The zero-order valence-electron chi connectivity index (χ0n) is 10.1. The molecular formula is C14H16N2O2. The lowest BCUT2D eigenvalue weighted by molar-refractivity contribution is -0.124. The van der Waals surface area contributed by atoms with Crippen LogP contribution in [0.15, 0.2) is 24.3 Å². The summed E-state index contributed by atoms with van der Waals surface area (Å²) in [6.45, 7) is 0.993. The van der Waals surface area contributed by atoms with Crippen LogP contribution in [0.4, 0.5) is 5.69 Å². The van der Waals surface area contributed by atoms with Gasteiger partial charge in [0.25, 0.3) is 5.91 Å². The number of ether oxygens (including phenoxy) is 1. The van der Waals surface area contributed by atoms with Crippen LogP contribution in [0.25, 0.3) is 0 Å². The summed E-state index contributed by atoms with van der Waals surface area (Å²) >= 11 is 0. The molecule has 18 heavy (non-hydrogen) atoms. The second-order valence-corrected chi connectivity index (χ2v) is 4.08.